The molecule has 0 fully saturated rings. The van der Waals surface area contributed by atoms with Crippen molar-refractivity contribution in [1.29, 1.82) is 0 Å². The van der Waals surface area contributed by atoms with E-state index in [0.717, 1.165) is 34.0 Å². The van der Waals surface area contributed by atoms with Gasteiger partial charge in [-0.1, -0.05) is 112 Å². The van der Waals surface area contributed by atoms with Crippen molar-refractivity contribution < 1.29 is 0 Å². The van der Waals surface area contributed by atoms with Gasteiger partial charge in [0.15, 0.2) is 0 Å². The number of para-hydroxylation sites is 2. The SMILES string of the molecule is CC.CC.Cc1ccc(N(N=Cc2ccc(N(c3ccccc3)c3ccccc3)cc2)c2ccc(C)cc2)cc1. The topological polar surface area (TPSA) is 18.8 Å². The second-order valence-electron chi connectivity index (χ2n) is 8.83. The Morgan fingerprint density at radius 3 is 1.18 bits per heavy atom. The van der Waals surface area contributed by atoms with Gasteiger partial charge >= 0.3 is 0 Å². The highest BCUT2D eigenvalue weighted by atomic mass is 15.5. The fourth-order valence-corrected chi connectivity index (χ4v) is 4.09. The summed E-state index contributed by atoms with van der Waals surface area (Å²) in [6, 6.07) is 46.2. The fourth-order valence-electron chi connectivity index (χ4n) is 4.09. The van der Waals surface area contributed by atoms with Crippen LogP contribution >= 0.6 is 0 Å². The largest absolute Gasteiger partial charge is 0.311 e. The van der Waals surface area contributed by atoms with Gasteiger partial charge in [-0.3, -0.25) is 0 Å². The second kappa shape index (κ2) is 15.7. The molecule has 5 rings (SSSR count). The minimum absolute atomic E-state index is 1.02. The number of hydrazone groups is 1. The lowest BCUT2D eigenvalue weighted by atomic mass is 10.1. The molecule has 204 valence electrons. The van der Waals surface area contributed by atoms with Gasteiger partial charge in [-0.15, -0.1) is 0 Å². The Bertz CT molecular complexity index is 1320. The summed E-state index contributed by atoms with van der Waals surface area (Å²) in [6.45, 7) is 12.2. The predicted molar refractivity (Wildman–Crippen MR) is 176 cm³/mol. The van der Waals surface area contributed by atoms with Crippen LogP contribution in [0.25, 0.3) is 0 Å². The van der Waals surface area contributed by atoms with Gasteiger partial charge < -0.3 is 4.90 Å². The number of benzene rings is 5. The van der Waals surface area contributed by atoms with E-state index in [9.17, 15) is 0 Å². The van der Waals surface area contributed by atoms with Gasteiger partial charge in [0.25, 0.3) is 0 Å². The standard InChI is InChI=1S/C33H29N3.2C2H6/c1-26-13-19-32(20-14-26)36(33-21-15-27(2)16-22-33)34-25-28-17-23-31(24-18-28)35(29-9-5-3-6-10-29)30-11-7-4-8-12-30;2*1-2/h3-25H,1-2H3;2*1-2H3. The summed E-state index contributed by atoms with van der Waals surface area (Å²) in [5.41, 5.74) is 8.87. The van der Waals surface area contributed by atoms with Crippen LogP contribution in [0.15, 0.2) is 139 Å². The molecule has 0 aromatic heterocycles. The lowest BCUT2D eigenvalue weighted by Gasteiger charge is -2.25. The Morgan fingerprint density at radius 1 is 0.425 bits per heavy atom. The van der Waals surface area contributed by atoms with E-state index in [4.69, 9.17) is 5.10 Å². The molecule has 0 aliphatic rings. The van der Waals surface area contributed by atoms with Crippen molar-refractivity contribution in [3.05, 3.63) is 150 Å². The van der Waals surface area contributed by atoms with Gasteiger partial charge in [-0.2, -0.15) is 5.10 Å². The lowest BCUT2D eigenvalue weighted by molar-refractivity contribution is 1.09. The molecule has 0 aliphatic heterocycles. The summed E-state index contributed by atoms with van der Waals surface area (Å²) in [4.78, 5) is 2.26. The van der Waals surface area contributed by atoms with Crippen LogP contribution in [0.5, 0.6) is 0 Å². The first-order chi connectivity index (χ1) is 19.7. The lowest BCUT2D eigenvalue weighted by Crippen LogP contribution is -2.10. The average Bonchev–Trinajstić information content (AvgIpc) is 3.03. The molecule has 0 radical (unpaired) electrons. The van der Waals surface area contributed by atoms with Gasteiger partial charge in [0.2, 0.25) is 0 Å². The van der Waals surface area contributed by atoms with E-state index in [1.165, 1.54) is 11.1 Å². The maximum absolute atomic E-state index is 4.88. The van der Waals surface area contributed by atoms with Crippen molar-refractivity contribution in [2.45, 2.75) is 41.5 Å². The highest BCUT2D eigenvalue weighted by Gasteiger charge is 2.12. The molecule has 0 bridgehead atoms. The van der Waals surface area contributed by atoms with Crippen LogP contribution in [-0.2, 0) is 0 Å². The molecule has 0 spiro atoms. The fraction of sp³-hybridized carbons (Fsp3) is 0.162. The molecule has 0 aliphatic carbocycles. The zero-order chi connectivity index (χ0) is 28.7. The van der Waals surface area contributed by atoms with Gasteiger partial charge in [0, 0.05) is 17.1 Å². The first-order valence-electron chi connectivity index (χ1n) is 14.2. The summed E-state index contributed by atoms with van der Waals surface area (Å²) in [5.74, 6) is 0. The number of nitrogens with zero attached hydrogens (tertiary/aromatic N) is 3. The van der Waals surface area contributed by atoms with Crippen molar-refractivity contribution in [3.8, 4) is 0 Å². The summed E-state index contributed by atoms with van der Waals surface area (Å²) >= 11 is 0. The molecule has 5 aromatic carbocycles. The van der Waals surface area contributed by atoms with E-state index in [2.05, 4.69) is 140 Å². The third-order valence-electron chi connectivity index (χ3n) is 6.06. The summed E-state index contributed by atoms with van der Waals surface area (Å²) in [5, 5.41) is 6.86. The Hall–Kier alpha value is -4.63. The van der Waals surface area contributed by atoms with Crippen molar-refractivity contribution in [2.24, 2.45) is 5.10 Å². The molecule has 40 heavy (non-hydrogen) atoms. The van der Waals surface area contributed by atoms with Crippen LogP contribution < -0.4 is 9.91 Å². The van der Waals surface area contributed by atoms with E-state index in [1.54, 1.807) is 0 Å². The highest BCUT2D eigenvalue weighted by Crippen LogP contribution is 2.34. The summed E-state index contributed by atoms with van der Waals surface area (Å²) < 4.78 is 0. The van der Waals surface area contributed by atoms with Crippen molar-refractivity contribution in [2.75, 3.05) is 9.91 Å². The van der Waals surface area contributed by atoms with Crippen LogP contribution in [0.3, 0.4) is 0 Å². The first-order valence-corrected chi connectivity index (χ1v) is 14.2. The molecule has 5 aromatic rings. The number of hydrogen-bond acceptors (Lipinski definition) is 3. The number of rotatable bonds is 7. The smallest absolute Gasteiger partial charge is 0.0652 e. The predicted octanol–water partition coefficient (Wildman–Crippen LogP) is 11.0. The first kappa shape index (κ1) is 29.9. The third-order valence-corrected chi connectivity index (χ3v) is 6.06. The Kier molecular flexibility index (Phi) is 11.7. The number of hydrogen-bond donors (Lipinski definition) is 0. The minimum Gasteiger partial charge on any atom is -0.311 e. The van der Waals surface area contributed by atoms with Gasteiger partial charge in [0.05, 0.1) is 17.6 Å². The minimum atomic E-state index is 1.02. The van der Waals surface area contributed by atoms with Crippen LogP contribution in [0.1, 0.15) is 44.4 Å². The van der Waals surface area contributed by atoms with Crippen LogP contribution in [-0.4, -0.2) is 6.21 Å². The summed E-state index contributed by atoms with van der Waals surface area (Å²) in [7, 11) is 0. The number of anilines is 5. The second-order valence-corrected chi connectivity index (χ2v) is 8.83. The van der Waals surface area contributed by atoms with E-state index < -0.39 is 0 Å². The molecule has 0 unspecified atom stereocenters. The van der Waals surface area contributed by atoms with E-state index >= 15 is 0 Å². The maximum atomic E-state index is 4.88. The number of aryl methyl sites for hydroxylation is 2. The molecule has 0 amide bonds. The van der Waals surface area contributed by atoms with E-state index in [-0.39, 0.29) is 0 Å². The molecule has 0 saturated carbocycles. The van der Waals surface area contributed by atoms with E-state index in [0.29, 0.717) is 0 Å². The maximum Gasteiger partial charge on any atom is 0.0652 e. The zero-order valence-electron chi connectivity index (χ0n) is 24.6. The molecule has 0 saturated heterocycles. The quantitative estimate of drug-likeness (QED) is 0.155. The van der Waals surface area contributed by atoms with Crippen molar-refractivity contribution in [1.82, 2.24) is 0 Å². The van der Waals surface area contributed by atoms with Gasteiger partial charge in [0.1, 0.15) is 0 Å². The summed E-state index contributed by atoms with van der Waals surface area (Å²) in [6.07, 6.45) is 1.92. The van der Waals surface area contributed by atoms with Crippen LogP contribution in [0.4, 0.5) is 28.4 Å². The Morgan fingerprint density at radius 2 is 0.775 bits per heavy atom. The molecule has 3 heteroatoms. The molecular weight excluding hydrogens is 486 g/mol. The zero-order valence-corrected chi connectivity index (χ0v) is 24.6. The molecule has 3 nitrogen and oxygen atoms in total. The molecule has 0 N–H and O–H groups in total. The van der Waals surface area contributed by atoms with Crippen LogP contribution in [0, 0.1) is 13.8 Å². The van der Waals surface area contributed by atoms with Gasteiger partial charge in [-0.05, 0) is 80.1 Å². The average molecular weight is 528 g/mol. The Balaban J connectivity index is 0.00000106. The van der Waals surface area contributed by atoms with Crippen molar-refractivity contribution >= 4 is 34.7 Å². The van der Waals surface area contributed by atoms with Crippen LogP contribution in [0.2, 0.25) is 0 Å². The van der Waals surface area contributed by atoms with Crippen molar-refractivity contribution in [3.63, 3.8) is 0 Å². The highest BCUT2D eigenvalue weighted by molar-refractivity contribution is 5.84. The monoisotopic (exact) mass is 527 g/mol. The Labute approximate surface area is 241 Å². The molecular formula is C37H41N3. The molecule has 0 atom stereocenters. The van der Waals surface area contributed by atoms with Gasteiger partial charge in [-0.25, -0.2) is 5.01 Å². The normalized spacial score (nSPS) is 10.2. The molecule has 0 heterocycles. The van der Waals surface area contributed by atoms with E-state index in [1.807, 2.05) is 51.1 Å². The third kappa shape index (κ3) is 7.94.